The Bertz CT molecular complexity index is 363. The van der Waals surface area contributed by atoms with E-state index in [0.29, 0.717) is 37.5 Å². The number of imide groups is 1. The van der Waals surface area contributed by atoms with Gasteiger partial charge in [0.2, 0.25) is 11.8 Å². The van der Waals surface area contributed by atoms with Crippen LogP contribution in [0.5, 0.6) is 0 Å². The Hall–Kier alpha value is -0.650. The molecular formula is C14H24ClN3O2. The predicted octanol–water partition coefficient (Wildman–Crippen LogP) is 0.772. The van der Waals surface area contributed by atoms with Gasteiger partial charge in [0, 0.05) is 44.1 Å². The van der Waals surface area contributed by atoms with Gasteiger partial charge in [0.1, 0.15) is 0 Å². The zero-order chi connectivity index (χ0) is 13.4. The van der Waals surface area contributed by atoms with E-state index in [0.717, 1.165) is 6.54 Å². The molecule has 2 atom stereocenters. The maximum atomic E-state index is 11.6. The number of carbonyl (C=O) groups excluding carboxylic acids is 2. The molecule has 3 aliphatic heterocycles. The summed E-state index contributed by atoms with van der Waals surface area (Å²) in [7, 11) is 2.13. The minimum atomic E-state index is 0. The van der Waals surface area contributed by atoms with Gasteiger partial charge in [-0.1, -0.05) is 0 Å². The first-order valence-corrected chi connectivity index (χ1v) is 7.43. The van der Waals surface area contributed by atoms with E-state index in [1.54, 1.807) is 0 Å². The summed E-state index contributed by atoms with van der Waals surface area (Å²) >= 11 is 0. The van der Waals surface area contributed by atoms with Gasteiger partial charge in [-0.05, 0) is 32.7 Å². The molecule has 3 heterocycles. The molecule has 0 radical (unpaired) electrons. The maximum Gasteiger partial charge on any atom is 0.229 e. The molecule has 3 saturated heterocycles. The number of fused-ring (bicyclic) bond motifs is 2. The maximum absolute atomic E-state index is 11.6. The highest BCUT2D eigenvalue weighted by molar-refractivity contribution is 6.01. The molecular weight excluding hydrogens is 278 g/mol. The molecule has 2 bridgehead atoms. The van der Waals surface area contributed by atoms with Crippen LogP contribution in [0.4, 0.5) is 0 Å². The summed E-state index contributed by atoms with van der Waals surface area (Å²) in [5, 5.41) is 3.64. The summed E-state index contributed by atoms with van der Waals surface area (Å²) in [6.07, 6.45) is 5.82. The van der Waals surface area contributed by atoms with Gasteiger partial charge >= 0.3 is 0 Å². The van der Waals surface area contributed by atoms with Crippen LogP contribution in [0.3, 0.4) is 0 Å². The molecule has 0 spiro atoms. The van der Waals surface area contributed by atoms with Gasteiger partial charge in [0.05, 0.1) is 0 Å². The number of hydrogen-bond acceptors (Lipinski definition) is 4. The van der Waals surface area contributed by atoms with E-state index in [9.17, 15) is 9.59 Å². The normalized spacial score (nSPS) is 32.9. The van der Waals surface area contributed by atoms with Crippen molar-refractivity contribution >= 4 is 24.2 Å². The number of likely N-dealkylation sites (tertiary alicyclic amines) is 1. The molecule has 0 aromatic carbocycles. The van der Waals surface area contributed by atoms with Crippen LogP contribution in [0.1, 0.15) is 38.5 Å². The highest BCUT2D eigenvalue weighted by Gasteiger charge is 2.35. The third kappa shape index (κ3) is 3.15. The summed E-state index contributed by atoms with van der Waals surface area (Å²) in [5.41, 5.74) is 0. The molecule has 0 saturated carbocycles. The van der Waals surface area contributed by atoms with Gasteiger partial charge in [-0.3, -0.25) is 14.5 Å². The highest BCUT2D eigenvalue weighted by atomic mass is 35.5. The lowest BCUT2D eigenvalue weighted by Gasteiger charge is -2.36. The first kappa shape index (κ1) is 15.7. The standard InChI is InChI=1S/C14H23N3O2.ClH/c1-16(6-7-17-13(18)4-5-14(17)19)12-8-10-2-3-11(9-12)15-10;/h10-12,15H,2-9H2,1H3;1H. The van der Waals surface area contributed by atoms with Gasteiger partial charge in [0.25, 0.3) is 0 Å². The van der Waals surface area contributed by atoms with Crippen molar-refractivity contribution < 1.29 is 9.59 Å². The van der Waals surface area contributed by atoms with Gasteiger partial charge in [-0.2, -0.15) is 0 Å². The van der Waals surface area contributed by atoms with Gasteiger partial charge < -0.3 is 10.2 Å². The van der Waals surface area contributed by atoms with E-state index in [-0.39, 0.29) is 24.2 Å². The number of nitrogens with one attached hydrogen (secondary N) is 1. The van der Waals surface area contributed by atoms with E-state index in [1.807, 2.05) is 0 Å². The first-order chi connectivity index (χ1) is 9.13. The molecule has 20 heavy (non-hydrogen) atoms. The fourth-order valence-corrected chi connectivity index (χ4v) is 3.70. The fourth-order valence-electron chi connectivity index (χ4n) is 3.70. The second-order valence-corrected chi connectivity index (χ2v) is 6.18. The molecule has 0 aromatic heterocycles. The van der Waals surface area contributed by atoms with Crippen LogP contribution >= 0.6 is 12.4 Å². The first-order valence-electron chi connectivity index (χ1n) is 7.43. The minimum absolute atomic E-state index is 0. The number of carbonyl (C=O) groups is 2. The molecule has 114 valence electrons. The number of rotatable bonds is 4. The lowest BCUT2D eigenvalue weighted by atomic mass is 9.98. The van der Waals surface area contributed by atoms with Crippen molar-refractivity contribution in [2.24, 2.45) is 0 Å². The number of hydrogen-bond donors (Lipinski definition) is 1. The van der Waals surface area contributed by atoms with Crippen LogP contribution in [0.25, 0.3) is 0 Å². The molecule has 3 aliphatic rings. The van der Waals surface area contributed by atoms with Crippen molar-refractivity contribution in [2.45, 2.75) is 56.7 Å². The fraction of sp³-hybridized carbons (Fsp3) is 0.857. The van der Waals surface area contributed by atoms with Crippen LogP contribution in [-0.2, 0) is 9.59 Å². The monoisotopic (exact) mass is 301 g/mol. The van der Waals surface area contributed by atoms with Crippen LogP contribution in [-0.4, -0.2) is 59.9 Å². The second-order valence-electron chi connectivity index (χ2n) is 6.18. The molecule has 0 aromatic rings. The largest absolute Gasteiger partial charge is 0.311 e. The van der Waals surface area contributed by atoms with E-state index in [2.05, 4.69) is 17.3 Å². The predicted molar refractivity (Wildman–Crippen MR) is 78.8 cm³/mol. The summed E-state index contributed by atoms with van der Waals surface area (Å²) in [4.78, 5) is 26.9. The van der Waals surface area contributed by atoms with Crippen molar-refractivity contribution in [3.8, 4) is 0 Å². The molecule has 2 amide bonds. The van der Waals surface area contributed by atoms with E-state index >= 15 is 0 Å². The van der Waals surface area contributed by atoms with Crippen molar-refractivity contribution in [1.82, 2.24) is 15.1 Å². The number of nitrogens with zero attached hydrogens (tertiary/aromatic N) is 2. The van der Waals surface area contributed by atoms with E-state index in [1.165, 1.54) is 30.6 Å². The Morgan fingerprint density at radius 3 is 2.25 bits per heavy atom. The number of piperidine rings is 1. The summed E-state index contributed by atoms with van der Waals surface area (Å²) in [6, 6.07) is 1.97. The third-order valence-electron chi connectivity index (χ3n) is 4.90. The smallest absolute Gasteiger partial charge is 0.229 e. The molecule has 1 N–H and O–H groups in total. The van der Waals surface area contributed by atoms with Gasteiger partial charge in [-0.25, -0.2) is 0 Å². The molecule has 6 heteroatoms. The Labute approximate surface area is 126 Å². The lowest BCUT2D eigenvalue weighted by molar-refractivity contribution is -0.138. The number of amides is 2. The topological polar surface area (TPSA) is 52.7 Å². The van der Waals surface area contributed by atoms with E-state index in [4.69, 9.17) is 0 Å². The van der Waals surface area contributed by atoms with Crippen molar-refractivity contribution in [3.05, 3.63) is 0 Å². The number of likely N-dealkylation sites (N-methyl/N-ethyl adjacent to an activating group) is 1. The van der Waals surface area contributed by atoms with Crippen molar-refractivity contribution in [1.29, 1.82) is 0 Å². The van der Waals surface area contributed by atoms with Gasteiger partial charge in [-0.15, -0.1) is 12.4 Å². The summed E-state index contributed by atoms with van der Waals surface area (Å²) < 4.78 is 0. The minimum Gasteiger partial charge on any atom is -0.311 e. The average Bonchev–Trinajstić information content (AvgIpc) is 2.90. The summed E-state index contributed by atoms with van der Waals surface area (Å²) in [6.45, 7) is 1.37. The second kappa shape index (κ2) is 6.41. The van der Waals surface area contributed by atoms with Crippen LogP contribution in [0.2, 0.25) is 0 Å². The Morgan fingerprint density at radius 2 is 1.70 bits per heavy atom. The number of halogens is 1. The Morgan fingerprint density at radius 1 is 1.15 bits per heavy atom. The van der Waals surface area contributed by atoms with Crippen molar-refractivity contribution in [2.75, 3.05) is 20.1 Å². The van der Waals surface area contributed by atoms with Crippen LogP contribution < -0.4 is 5.32 Å². The third-order valence-corrected chi connectivity index (χ3v) is 4.90. The Kier molecular flexibility index (Phi) is 5.04. The Balaban J connectivity index is 0.00000147. The molecule has 2 unspecified atom stereocenters. The zero-order valence-electron chi connectivity index (χ0n) is 12.0. The molecule has 3 rings (SSSR count). The molecule has 3 fully saturated rings. The lowest BCUT2D eigenvalue weighted by Crippen LogP contribution is -2.48. The quantitative estimate of drug-likeness (QED) is 0.780. The highest BCUT2D eigenvalue weighted by Crippen LogP contribution is 2.29. The van der Waals surface area contributed by atoms with Crippen LogP contribution in [0.15, 0.2) is 0 Å². The van der Waals surface area contributed by atoms with E-state index < -0.39 is 0 Å². The van der Waals surface area contributed by atoms with Crippen molar-refractivity contribution in [3.63, 3.8) is 0 Å². The average molecular weight is 302 g/mol. The molecule has 0 aliphatic carbocycles. The SMILES string of the molecule is CN(CCN1C(=O)CCC1=O)C1CC2CCC(C1)N2.Cl. The zero-order valence-corrected chi connectivity index (χ0v) is 12.8. The van der Waals surface area contributed by atoms with Crippen LogP contribution in [0, 0.1) is 0 Å². The summed E-state index contributed by atoms with van der Waals surface area (Å²) in [5.74, 6) is 0.00700. The molecule has 5 nitrogen and oxygen atoms in total. The van der Waals surface area contributed by atoms with Gasteiger partial charge in [0.15, 0.2) is 0 Å².